The van der Waals surface area contributed by atoms with Crippen LogP contribution in [0, 0.1) is 0 Å². The van der Waals surface area contributed by atoms with Crippen LogP contribution in [0.25, 0.3) is 0 Å². The van der Waals surface area contributed by atoms with Gasteiger partial charge in [0.1, 0.15) is 5.75 Å². The molecule has 0 aliphatic rings. The second-order valence-electron chi connectivity index (χ2n) is 4.56. The number of phenolic OH excluding ortho intramolecular Hbond substituents is 2. The number of amides is 1. The number of carbonyl (C=O) groups excluding carboxylic acids is 1. The molecule has 0 atom stereocenters. The molecule has 0 aliphatic heterocycles. The van der Waals surface area contributed by atoms with E-state index in [1.54, 1.807) is 31.4 Å². The molecule has 0 spiro atoms. The highest BCUT2D eigenvalue weighted by atomic mass is 16.5. The Kier molecular flexibility index (Phi) is 5.40. The molecular weight excluding hydrogens is 298 g/mol. The predicted molar refractivity (Wildman–Crippen MR) is 87.0 cm³/mol. The van der Waals surface area contributed by atoms with Crippen LogP contribution in [0.1, 0.15) is 5.56 Å². The number of benzene rings is 2. The monoisotopic (exact) mass is 315 g/mol. The van der Waals surface area contributed by atoms with Gasteiger partial charge in [0.15, 0.2) is 11.5 Å². The Labute approximate surface area is 133 Å². The smallest absolute Gasteiger partial charge is 0.259 e. The summed E-state index contributed by atoms with van der Waals surface area (Å²) < 4.78 is 5.17. The maximum atomic E-state index is 11.7. The lowest BCUT2D eigenvalue weighted by Gasteiger charge is -2.09. The van der Waals surface area contributed by atoms with E-state index < -0.39 is 0 Å². The van der Waals surface area contributed by atoms with E-state index in [9.17, 15) is 15.0 Å². The third kappa shape index (κ3) is 4.37. The van der Waals surface area contributed by atoms with Gasteiger partial charge in [-0.15, -0.1) is 0 Å². The fourth-order valence-corrected chi connectivity index (χ4v) is 1.83. The van der Waals surface area contributed by atoms with E-state index in [-0.39, 0.29) is 24.0 Å². The van der Waals surface area contributed by atoms with Crippen molar-refractivity contribution in [1.82, 2.24) is 5.43 Å². The van der Waals surface area contributed by atoms with Gasteiger partial charge in [-0.1, -0.05) is 18.2 Å². The van der Waals surface area contributed by atoms with E-state index in [1.807, 2.05) is 12.1 Å². The summed E-state index contributed by atoms with van der Waals surface area (Å²) in [5.41, 5.74) is 3.31. The van der Waals surface area contributed by atoms with Crippen LogP contribution in [0.3, 0.4) is 0 Å². The number of hydrazone groups is 1. The van der Waals surface area contributed by atoms with E-state index in [0.29, 0.717) is 17.0 Å². The van der Waals surface area contributed by atoms with Gasteiger partial charge in [-0.25, -0.2) is 5.43 Å². The van der Waals surface area contributed by atoms with Gasteiger partial charge in [0.2, 0.25) is 0 Å². The number of hydrogen-bond donors (Lipinski definition) is 4. The Morgan fingerprint density at radius 1 is 1.22 bits per heavy atom. The summed E-state index contributed by atoms with van der Waals surface area (Å²) in [7, 11) is 1.55. The number of para-hydroxylation sites is 3. The third-order valence-corrected chi connectivity index (χ3v) is 2.99. The molecule has 0 radical (unpaired) electrons. The largest absolute Gasteiger partial charge is 0.504 e. The van der Waals surface area contributed by atoms with E-state index in [0.717, 1.165) is 0 Å². The molecule has 0 aromatic heterocycles. The molecule has 0 bridgehead atoms. The molecule has 0 saturated heterocycles. The molecule has 2 aromatic carbocycles. The van der Waals surface area contributed by atoms with E-state index in [2.05, 4.69) is 15.8 Å². The van der Waals surface area contributed by atoms with Crippen LogP contribution in [0.15, 0.2) is 47.6 Å². The summed E-state index contributed by atoms with van der Waals surface area (Å²) in [6, 6.07) is 11.7. The second kappa shape index (κ2) is 7.69. The minimum absolute atomic E-state index is 0.00371. The summed E-state index contributed by atoms with van der Waals surface area (Å²) in [5.74, 6) is -0.281. The molecule has 2 rings (SSSR count). The van der Waals surface area contributed by atoms with Crippen LogP contribution < -0.4 is 15.5 Å². The molecule has 0 unspecified atom stereocenters. The number of nitrogens with zero attached hydrogens (tertiary/aromatic N) is 1. The van der Waals surface area contributed by atoms with Crippen molar-refractivity contribution in [3.05, 3.63) is 48.0 Å². The van der Waals surface area contributed by atoms with Crippen LogP contribution in [-0.4, -0.2) is 36.0 Å². The quantitative estimate of drug-likeness (QED) is 0.369. The van der Waals surface area contributed by atoms with Crippen molar-refractivity contribution in [1.29, 1.82) is 0 Å². The molecule has 0 aliphatic carbocycles. The predicted octanol–water partition coefficient (Wildman–Crippen LogP) is 1.67. The molecule has 4 N–H and O–H groups in total. The van der Waals surface area contributed by atoms with Crippen molar-refractivity contribution in [3.63, 3.8) is 0 Å². The number of hydrogen-bond acceptors (Lipinski definition) is 6. The maximum Gasteiger partial charge on any atom is 0.259 e. The van der Waals surface area contributed by atoms with Gasteiger partial charge in [0.05, 0.1) is 25.6 Å². The molecule has 0 heterocycles. The summed E-state index contributed by atoms with van der Waals surface area (Å²) >= 11 is 0. The Morgan fingerprint density at radius 2 is 2.00 bits per heavy atom. The summed E-state index contributed by atoms with van der Waals surface area (Å²) in [6.07, 6.45) is 1.25. The average molecular weight is 315 g/mol. The zero-order valence-corrected chi connectivity index (χ0v) is 12.5. The lowest BCUT2D eigenvalue weighted by molar-refractivity contribution is -0.119. The van der Waals surface area contributed by atoms with Gasteiger partial charge in [-0.05, 0) is 24.3 Å². The molecule has 7 nitrogen and oxygen atoms in total. The van der Waals surface area contributed by atoms with Crippen LogP contribution >= 0.6 is 0 Å². The molecule has 23 heavy (non-hydrogen) atoms. The highest BCUT2D eigenvalue weighted by molar-refractivity contribution is 5.87. The van der Waals surface area contributed by atoms with Crippen molar-refractivity contribution in [2.75, 3.05) is 19.0 Å². The standard InChI is InChI=1S/C16H17N3O4/c1-23-14-8-3-2-6-12(14)17-10-15(21)19-18-9-11-5-4-7-13(20)16(11)22/h2-9,17,20,22H,10H2,1H3,(H,19,21). The normalized spacial score (nSPS) is 10.5. The van der Waals surface area contributed by atoms with E-state index >= 15 is 0 Å². The van der Waals surface area contributed by atoms with Crippen LogP contribution in [0.2, 0.25) is 0 Å². The number of ether oxygens (including phenoxy) is 1. The van der Waals surface area contributed by atoms with Crippen LogP contribution in [-0.2, 0) is 4.79 Å². The van der Waals surface area contributed by atoms with Gasteiger partial charge in [0, 0.05) is 5.56 Å². The summed E-state index contributed by atoms with van der Waals surface area (Å²) in [5, 5.41) is 25.6. The Bertz CT molecular complexity index is 716. The van der Waals surface area contributed by atoms with Gasteiger partial charge < -0.3 is 20.3 Å². The first-order valence-corrected chi connectivity index (χ1v) is 6.81. The van der Waals surface area contributed by atoms with Crippen LogP contribution in [0.4, 0.5) is 5.69 Å². The maximum absolute atomic E-state index is 11.7. The molecule has 1 amide bonds. The molecule has 0 saturated carbocycles. The number of aromatic hydroxyl groups is 2. The number of anilines is 1. The fourth-order valence-electron chi connectivity index (χ4n) is 1.83. The fraction of sp³-hybridized carbons (Fsp3) is 0.125. The minimum atomic E-state index is -0.369. The zero-order chi connectivity index (χ0) is 16.7. The van der Waals surface area contributed by atoms with Crippen molar-refractivity contribution in [2.24, 2.45) is 5.10 Å². The molecule has 2 aromatic rings. The number of nitrogens with one attached hydrogen (secondary N) is 2. The Balaban J connectivity index is 1.88. The Hall–Kier alpha value is -3.22. The lowest BCUT2D eigenvalue weighted by Crippen LogP contribution is -2.26. The van der Waals surface area contributed by atoms with E-state index in [1.165, 1.54) is 12.3 Å². The zero-order valence-electron chi connectivity index (χ0n) is 12.5. The van der Waals surface area contributed by atoms with Gasteiger partial charge in [-0.3, -0.25) is 4.79 Å². The lowest BCUT2D eigenvalue weighted by atomic mass is 10.2. The van der Waals surface area contributed by atoms with Crippen molar-refractivity contribution < 1.29 is 19.7 Å². The number of carbonyl (C=O) groups is 1. The first-order valence-electron chi connectivity index (χ1n) is 6.81. The van der Waals surface area contributed by atoms with Crippen molar-refractivity contribution >= 4 is 17.8 Å². The highest BCUT2D eigenvalue weighted by Crippen LogP contribution is 2.26. The Morgan fingerprint density at radius 3 is 2.78 bits per heavy atom. The molecule has 0 fully saturated rings. The van der Waals surface area contributed by atoms with Gasteiger partial charge >= 0.3 is 0 Å². The summed E-state index contributed by atoms with van der Waals surface area (Å²) in [6.45, 7) is 0.00371. The highest BCUT2D eigenvalue weighted by Gasteiger charge is 2.05. The van der Waals surface area contributed by atoms with Crippen molar-refractivity contribution in [2.45, 2.75) is 0 Å². The van der Waals surface area contributed by atoms with E-state index in [4.69, 9.17) is 4.74 Å². The average Bonchev–Trinajstić information content (AvgIpc) is 2.57. The second-order valence-corrected chi connectivity index (χ2v) is 4.56. The molecule has 120 valence electrons. The van der Waals surface area contributed by atoms with Crippen LogP contribution in [0.5, 0.6) is 17.2 Å². The third-order valence-electron chi connectivity index (χ3n) is 2.99. The SMILES string of the molecule is COc1ccccc1NCC(=O)NN=Cc1cccc(O)c1O. The van der Waals surface area contributed by atoms with Crippen molar-refractivity contribution in [3.8, 4) is 17.2 Å². The minimum Gasteiger partial charge on any atom is -0.504 e. The number of rotatable bonds is 6. The summed E-state index contributed by atoms with van der Waals surface area (Å²) in [4.78, 5) is 11.7. The first kappa shape index (κ1) is 16.2. The number of phenols is 2. The van der Waals surface area contributed by atoms with Gasteiger partial charge in [0.25, 0.3) is 5.91 Å². The molecular formula is C16H17N3O4. The molecule has 7 heteroatoms. The van der Waals surface area contributed by atoms with Gasteiger partial charge in [-0.2, -0.15) is 5.10 Å². The topological polar surface area (TPSA) is 103 Å². The number of methoxy groups -OCH3 is 1. The first-order chi connectivity index (χ1) is 11.1.